The zero-order valence-corrected chi connectivity index (χ0v) is 9.49. The molecule has 5 N–H and O–H groups in total. The van der Waals surface area contributed by atoms with E-state index in [1.807, 2.05) is 0 Å². The highest BCUT2D eigenvalue weighted by Gasteiger charge is 2.36. The first-order valence-corrected chi connectivity index (χ1v) is 5.59. The molecule has 1 saturated heterocycles. The zero-order valence-electron chi connectivity index (χ0n) is 9.49. The SMILES string of the molecule is N[C@H]1C(O)[C@@H](O)CO[C@H]1OCCCCC(=O)O. The van der Waals surface area contributed by atoms with Crippen LogP contribution in [-0.4, -0.2) is 59.0 Å². The number of nitrogens with two attached hydrogens (primary N) is 1. The summed E-state index contributed by atoms with van der Waals surface area (Å²) in [6.07, 6.45) is -1.61. The molecule has 0 spiro atoms. The number of aliphatic carboxylic acids is 1. The van der Waals surface area contributed by atoms with Crippen LogP contribution in [0.5, 0.6) is 0 Å². The number of unbranched alkanes of at least 4 members (excludes halogenated alkanes) is 1. The minimum absolute atomic E-state index is 0.0192. The second-order valence-corrected chi connectivity index (χ2v) is 4.06. The van der Waals surface area contributed by atoms with Gasteiger partial charge >= 0.3 is 5.97 Å². The molecule has 0 aliphatic carbocycles. The van der Waals surface area contributed by atoms with Crippen LogP contribution in [0.1, 0.15) is 19.3 Å². The quantitative estimate of drug-likeness (QED) is 0.430. The van der Waals surface area contributed by atoms with Gasteiger partial charge in [0.05, 0.1) is 12.6 Å². The summed E-state index contributed by atoms with van der Waals surface area (Å²) in [5.74, 6) is -0.839. The molecule has 4 atom stereocenters. The number of aliphatic hydroxyl groups excluding tert-OH is 2. The molecule has 0 saturated carbocycles. The van der Waals surface area contributed by atoms with Crippen molar-refractivity contribution >= 4 is 5.97 Å². The molecule has 0 aromatic rings. The van der Waals surface area contributed by atoms with Gasteiger partial charge in [0.25, 0.3) is 0 Å². The third kappa shape index (κ3) is 4.57. The van der Waals surface area contributed by atoms with Gasteiger partial charge in [0.15, 0.2) is 6.29 Å². The maximum atomic E-state index is 10.2. The monoisotopic (exact) mass is 249 g/mol. The van der Waals surface area contributed by atoms with Crippen LogP contribution in [-0.2, 0) is 14.3 Å². The maximum absolute atomic E-state index is 10.2. The van der Waals surface area contributed by atoms with Crippen LogP contribution in [0.3, 0.4) is 0 Å². The van der Waals surface area contributed by atoms with E-state index >= 15 is 0 Å². The van der Waals surface area contributed by atoms with Gasteiger partial charge in [-0.2, -0.15) is 0 Å². The molecule has 7 heteroatoms. The van der Waals surface area contributed by atoms with Crippen LogP contribution in [0.15, 0.2) is 0 Å². The summed E-state index contributed by atoms with van der Waals surface area (Å²) in [7, 11) is 0. The Kier molecular flexibility index (Phi) is 5.79. The Balaban J connectivity index is 2.16. The molecule has 1 aliphatic rings. The second kappa shape index (κ2) is 6.87. The predicted molar refractivity (Wildman–Crippen MR) is 57.2 cm³/mol. The van der Waals surface area contributed by atoms with E-state index in [4.69, 9.17) is 20.3 Å². The topological polar surface area (TPSA) is 122 Å². The highest BCUT2D eigenvalue weighted by Crippen LogP contribution is 2.15. The summed E-state index contributed by atoms with van der Waals surface area (Å²) in [6.45, 7) is 0.295. The highest BCUT2D eigenvalue weighted by atomic mass is 16.7. The Hall–Kier alpha value is -0.730. The number of carboxylic acids is 1. The lowest BCUT2D eigenvalue weighted by atomic mass is 10.0. The third-order valence-corrected chi connectivity index (χ3v) is 2.60. The highest BCUT2D eigenvalue weighted by molar-refractivity contribution is 5.66. The lowest BCUT2D eigenvalue weighted by molar-refractivity contribution is -0.227. The van der Waals surface area contributed by atoms with Gasteiger partial charge in [0, 0.05) is 13.0 Å². The van der Waals surface area contributed by atoms with E-state index in [0.717, 1.165) is 0 Å². The van der Waals surface area contributed by atoms with Crippen LogP contribution in [0.4, 0.5) is 0 Å². The minimum atomic E-state index is -1.06. The molecule has 100 valence electrons. The molecule has 0 aromatic carbocycles. The molecule has 7 nitrogen and oxygen atoms in total. The molecule has 1 fully saturated rings. The Labute approximate surface area is 99.1 Å². The normalized spacial score (nSPS) is 33.6. The molecule has 0 radical (unpaired) electrons. The summed E-state index contributed by atoms with van der Waals surface area (Å²) < 4.78 is 10.4. The molecular formula is C10H19NO6. The first-order chi connectivity index (χ1) is 8.02. The van der Waals surface area contributed by atoms with Crippen LogP contribution >= 0.6 is 0 Å². The number of carboxylic acid groups (broad SMARTS) is 1. The summed E-state index contributed by atoms with van der Waals surface area (Å²) in [6, 6.07) is -0.793. The van der Waals surface area contributed by atoms with E-state index in [2.05, 4.69) is 0 Å². The summed E-state index contributed by atoms with van der Waals surface area (Å²) in [4.78, 5) is 10.2. The third-order valence-electron chi connectivity index (χ3n) is 2.60. The van der Waals surface area contributed by atoms with Crippen LogP contribution in [0, 0.1) is 0 Å². The van der Waals surface area contributed by atoms with Gasteiger partial charge in [-0.25, -0.2) is 0 Å². The smallest absolute Gasteiger partial charge is 0.303 e. The van der Waals surface area contributed by atoms with Crippen LogP contribution in [0.25, 0.3) is 0 Å². The van der Waals surface area contributed by atoms with E-state index in [1.165, 1.54) is 0 Å². The fraction of sp³-hybridized carbons (Fsp3) is 0.900. The van der Waals surface area contributed by atoms with E-state index in [-0.39, 0.29) is 13.0 Å². The standard InChI is InChI=1S/C10H19NO6/c11-8-9(15)6(12)5-17-10(8)16-4-2-1-3-7(13)14/h6,8-10,12,15H,1-5,11H2,(H,13,14)/t6-,8-,9?,10+/m0/s1. The number of ether oxygens (including phenoxy) is 2. The number of hydrogen-bond donors (Lipinski definition) is 4. The van der Waals surface area contributed by atoms with Crippen molar-refractivity contribution in [2.45, 2.75) is 43.8 Å². The second-order valence-electron chi connectivity index (χ2n) is 4.06. The Morgan fingerprint density at radius 2 is 2.12 bits per heavy atom. The predicted octanol–water partition coefficient (Wildman–Crippen LogP) is -1.34. The Bertz CT molecular complexity index is 249. The fourth-order valence-corrected chi connectivity index (χ4v) is 1.56. The molecule has 1 heterocycles. The van der Waals surface area contributed by atoms with Gasteiger partial charge in [-0.15, -0.1) is 0 Å². The fourth-order valence-electron chi connectivity index (χ4n) is 1.56. The van der Waals surface area contributed by atoms with Gasteiger partial charge < -0.3 is 30.5 Å². The lowest BCUT2D eigenvalue weighted by Gasteiger charge is -2.35. The molecule has 0 amide bonds. The van der Waals surface area contributed by atoms with Crippen LogP contribution in [0.2, 0.25) is 0 Å². The first kappa shape index (κ1) is 14.3. The van der Waals surface area contributed by atoms with Gasteiger partial charge in [-0.3, -0.25) is 4.79 Å². The molecular weight excluding hydrogens is 230 g/mol. The molecule has 1 rings (SSSR count). The number of aliphatic hydroxyl groups is 2. The van der Waals surface area contributed by atoms with Crippen molar-refractivity contribution in [2.24, 2.45) is 5.73 Å². The van der Waals surface area contributed by atoms with Crippen molar-refractivity contribution in [3.05, 3.63) is 0 Å². The van der Waals surface area contributed by atoms with E-state index in [1.54, 1.807) is 0 Å². The van der Waals surface area contributed by atoms with Crippen molar-refractivity contribution < 1.29 is 29.6 Å². The van der Waals surface area contributed by atoms with Gasteiger partial charge in [0.2, 0.25) is 0 Å². The van der Waals surface area contributed by atoms with E-state index in [0.29, 0.717) is 19.4 Å². The Morgan fingerprint density at radius 1 is 1.41 bits per heavy atom. The van der Waals surface area contributed by atoms with Crippen LogP contribution < -0.4 is 5.73 Å². The van der Waals surface area contributed by atoms with Crippen molar-refractivity contribution in [3.8, 4) is 0 Å². The Morgan fingerprint density at radius 3 is 2.76 bits per heavy atom. The number of rotatable bonds is 6. The van der Waals surface area contributed by atoms with E-state index in [9.17, 15) is 15.0 Å². The summed E-state index contributed by atoms with van der Waals surface area (Å²) >= 11 is 0. The molecule has 0 bridgehead atoms. The van der Waals surface area contributed by atoms with Crippen molar-refractivity contribution in [3.63, 3.8) is 0 Å². The minimum Gasteiger partial charge on any atom is -0.481 e. The largest absolute Gasteiger partial charge is 0.481 e. The maximum Gasteiger partial charge on any atom is 0.303 e. The van der Waals surface area contributed by atoms with Crippen molar-refractivity contribution in [2.75, 3.05) is 13.2 Å². The van der Waals surface area contributed by atoms with Gasteiger partial charge in [-0.1, -0.05) is 0 Å². The number of hydrogen-bond acceptors (Lipinski definition) is 6. The molecule has 1 unspecified atom stereocenters. The van der Waals surface area contributed by atoms with E-state index < -0.39 is 30.5 Å². The lowest BCUT2D eigenvalue weighted by Crippen LogP contribution is -2.58. The average Bonchev–Trinajstić information content (AvgIpc) is 2.28. The summed E-state index contributed by atoms with van der Waals surface area (Å²) in [5, 5.41) is 27.2. The zero-order chi connectivity index (χ0) is 12.8. The molecule has 1 aliphatic heterocycles. The summed E-state index contributed by atoms with van der Waals surface area (Å²) in [5.41, 5.74) is 5.62. The molecule has 0 aromatic heterocycles. The first-order valence-electron chi connectivity index (χ1n) is 5.59. The number of carbonyl (C=O) groups is 1. The van der Waals surface area contributed by atoms with Gasteiger partial charge in [0.1, 0.15) is 12.2 Å². The van der Waals surface area contributed by atoms with Crippen molar-refractivity contribution in [1.82, 2.24) is 0 Å². The van der Waals surface area contributed by atoms with Gasteiger partial charge in [-0.05, 0) is 12.8 Å². The molecule has 17 heavy (non-hydrogen) atoms. The van der Waals surface area contributed by atoms with Crippen molar-refractivity contribution in [1.29, 1.82) is 0 Å². The average molecular weight is 249 g/mol.